The summed E-state index contributed by atoms with van der Waals surface area (Å²) in [7, 11) is -3.19. The lowest BCUT2D eigenvalue weighted by Crippen LogP contribution is -2.32. The van der Waals surface area contributed by atoms with E-state index >= 15 is 4.57 Å². The fourth-order valence-corrected chi connectivity index (χ4v) is 15.8. The standard InChI is InChI=1S/C33H42OP2/c1-27(35(29-19-9-3-10-20-29)30-21-11-4-12-22-30)33(28-17-7-2-8-18-28)36(34,31-23-13-5-14-24-31)32-25-15-6-16-26-32/h2,5-8,13-18,23-27,29-30,33H,3-4,9-12,19-22H2,1H3/t27-,33+/m0/s1. The minimum Gasteiger partial charge on any atom is -0.313 e. The highest BCUT2D eigenvalue weighted by molar-refractivity contribution is 7.79. The minimum atomic E-state index is -2.95. The van der Waals surface area contributed by atoms with Crippen molar-refractivity contribution in [1.82, 2.24) is 0 Å². The Morgan fingerprint density at radius 1 is 0.611 bits per heavy atom. The molecule has 2 saturated carbocycles. The number of hydrogen-bond acceptors (Lipinski definition) is 1. The molecule has 1 nitrogen and oxygen atoms in total. The zero-order valence-corrected chi connectivity index (χ0v) is 23.6. The smallest absolute Gasteiger partial charge is 0.150 e. The van der Waals surface area contributed by atoms with Crippen LogP contribution in [0.15, 0.2) is 91.0 Å². The second-order valence-corrected chi connectivity index (χ2v) is 17.0. The number of benzene rings is 3. The first-order valence-corrected chi connectivity index (χ1v) is 17.6. The summed E-state index contributed by atoms with van der Waals surface area (Å²) in [4.78, 5) is 0. The van der Waals surface area contributed by atoms with Crippen molar-refractivity contribution >= 4 is 25.7 Å². The largest absolute Gasteiger partial charge is 0.313 e. The van der Waals surface area contributed by atoms with Gasteiger partial charge in [-0.15, -0.1) is 0 Å². The first-order chi connectivity index (χ1) is 17.7. The van der Waals surface area contributed by atoms with Crippen molar-refractivity contribution in [3.05, 3.63) is 96.6 Å². The van der Waals surface area contributed by atoms with Gasteiger partial charge < -0.3 is 4.57 Å². The summed E-state index contributed by atoms with van der Waals surface area (Å²) >= 11 is 0. The maximum absolute atomic E-state index is 15.8. The normalized spacial score (nSPS) is 19.7. The van der Waals surface area contributed by atoms with Gasteiger partial charge in [0.15, 0.2) is 7.14 Å². The first kappa shape index (κ1) is 25.9. The molecule has 0 aromatic heterocycles. The third-order valence-corrected chi connectivity index (χ3v) is 16.6. The van der Waals surface area contributed by atoms with Crippen molar-refractivity contribution < 1.29 is 4.57 Å². The van der Waals surface area contributed by atoms with Crippen LogP contribution in [-0.4, -0.2) is 17.0 Å². The molecule has 0 spiro atoms. The Kier molecular flexibility index (Phi) is 8.82. The Morgan fingerprint density at radius 3 is 1.42 bits per heavy atom. The second-order valence-electron chi connectivity index (χ2n) is 11.0. The average Bonchev–Trinajstić information content (AvgIpc) is 2.96. The van der Waals surface area contributed by atoms with E-state index in [2.05, 4.69) is 97.9 Å². The molecule has 3 heteroatoms. The van der Waals surface area contributed by atoms with Crippen LogP contribution in [0.25, 0.3) is 0 Å². The van der Waals surface area contributed by atoms with Gasteiger partial charge in [0.25, 0.3) is 0 Å². The maximum atomic E-state index is 15.8. The van der Waals surface area contributed by atoms with Gasteiger partial charge >= 0.3 is 0 Å². The predicted octanol–water partition coefficient (Wildman–Crippen LogP) is 9.28. The van der Waals surface area contributed by atoms with Gasteiger partial charge in [0.2, 0.25) is 0 Å². The van der Waals surface area contributed by atoms with Crippen molar-refractivity contribution in [2.24, 2.45) is 0 Å². The third kappa shape index (κ3) is 5.44. The van der Waals surface area contributed by atoms with Gasteiger partial charge in [-0.1, -0.05) is 144 Å². The van der Waals surface area contributed by atoms with Crippen LogP contribution >= 0.6 is 15.1 Å². The van der Waals surface area contributed by atoms with Crippen LogP contribution in [0.4, 0.5) is 0 Å². The lowest BCUT2D eigenvalue weighted by Gasteiger charge is -2.46. The van der Waals surface area contributed by atoms with Crippen LogP contribution in [0.1, 0.15) is 82.4 Å². The summed E-state index contributed by atoms with van der Waals surface area (Å²) in [6.07, 6.45) is 13.9. The fourth-order valence-electron chi connectivity index (χ4n) is 7.10. The summed E-state index contributed by atoms with van der Waals surface area (Å²) < 4.78 is 15.8. The maximum Gasteiger partial charge on any atom is 0.150 e. The fraction of sp³-hybridized carbons (Fsp3) is 0.455. The van der Waals surface area contributed by atoms with Crippen LogP contribution in [0, 0.1) is 0 Å². The van der Waals surface area contributed by atoms with Gasteiger partial charge in [-0.2, -0.15) is 0 Å². The molecule has 3 aromatic rings. The highest BCUT2D eigenvalue weighted by Gasteiger charge is 2.46. The van der Waals surface area contributed by atoms with E-state index in [1.165, 1.54) is 69.8 Å². The second kappa shape index (κ2) is 12.2. The number of rotatable bonds is 8. The van der Waals surface area contributed by atoms with Crippen molar-refractivity contribution in [3.8, 4) is 0 Å². The van der Waals surface area contributed by atoms with E-state index in [0.717, 1.165) is 21.9 Å². The van der Waals surface area contributed by atoms with E-state index in [1.54, 1.807) is 0 Å². The summed E-state index contributed by atoms with van der Waals surface area (Å²) in [5.41, 5.74) is 3.36. The topological polar surface area (TPSA) is 17.1 Å². The lowest BCUT2D eigenvalue weighted by molar-refractivity contribution is 0.480. The third-order valence-electron chi connectivity index (χ3n) is 8.73. The summed E-state index contributed by atoms with van der Waals surface area (Å²) in [6, 6.07) is 31.8. The molecule has 0 saturated heterocycles. The van der Waals surface area contributed by atoms with Gasteiger partial charge in [0.05, 0.1) is 5.66 Å². The van der Waals surface area contributed by atoms with Crippen LogP contribution in [0.5, 0.6) is 0 Å². The molecule has 0 unspecified atom stereocenters. The minimum absolute atomic E-state index is 0.0125. The van der Waals surface area contributed by atoms with E-state index in [1.807, 2.05) is 0 Å². The molecule has 190 valence electrons. The van der Waals surface area contributed by atoms with E-state index in [4.69, 9.17) is 0 Å². The molecule has 0 bridgehead atoms. The van der Waals surface area contributed by atoms with Gasteiger partial charge in [0, 0.05) is 10.6 Å². The van der Waals surface area contributed by atoms with E-state index in [9.17, 15) is 0 Å². The molecule has 0 N–H and O–H groups in total. The highest BCUT2D eigenvalue weighted by atomic mass is 31.2. The lowest BCUT2D eigenvalue weighted by atomic mass is 9.99. The number of hydrogen-bond donors (Lipinski definition) is 0. The monoisotopic (exact) mass is 516 g/mol. The molecular formula is C33H42OP2. The molecule has 2 fully saturated rings. The van der Waals surface area contributed by atoms with E-state index < -0.39 is 7.14 Å². The molecule has 36 heavy (non-hydrogen) atoms. The van der Waals surface area contributed by atoms with Crippen molar-refractivity contribution in [1.29, 1.82) is 0 Å². The quantitative estimate of drug-likeness (QED) is 0.273. The molecule has 0 aliphatic heterocycles. The Hall–Kier alpha value is -1.68. The zero-order chi connectivity index (χ0) is 24.8. The summed E-state index contributed by atoms with van der Waals surface area (Å²) in [5, 5.41) is 2.03. The van der Waals surface area contributed by atoms with Gasteiger partial charge in [-0.25, -0.2) is 0 Å². The van der Waals surface area contributed by atoms with Gasteiger partial charge in [-0.05, 0) is 48.2 Å². The van der Waals surface area contributed by atoms with Crippen molar-refractivity contribution in [2.45, 2.75) is 93.8 Å². The molecular weight excluding hydrogens is 474 g/mol. The Labute approximate surface area is 220 Å². The Morgan fingerprint density at radius 2 is 1.00 bits per heavy atom. The molecule has 0 heterocycles. The molecule has 2 aliphatic carbocycles. The molecule has 2 aliphatic rings. The van der Waals surface area contributed by atoms with Crippen LogP contribution < -0.4 is 10.6 Å². The van der Waals surface area contributed by atoms with Crippen molar-refractivity contribution in [3.63, 3.8) is 0 Å². The first-order valence-electron chi connectivity index (χ1n) is 14.2. The molecule has 0 radical (unpaired) electrons. The predicted molar refractivity (Wildman–Crippen MR) is 159 cm³/mol. The molecule has 2 atom stereocenters. The summed E-state index contributed by atoms with van der Waals surface area (Å²) in [6.45, 7) is 2.51. The van der Waals surface area contributed by atoms with Crippen molar-refractivity contribution in [2.75, 3.05) is 0 Å². The van der Waals surface area contributed by atoms with Crippen LogP contribution in [0.3, 0.4) is 0 Å². The SMILES string of the molecule is C[C@@H]([C@H](c1ccccc1)P(=O)(c1ccccc1)c1ccccc1)P(C1CCCCC1)C1CCCCC1. The highest BCUT2D eigenvalue weighted by Crippen LogP contribution is 2.69. The van der Waals surface area contributed by atoms with E-state index in [0.29, 0.717) is 5.66 Å². The molecule has 3 aromatic carbocycles. The molecule has 5 rings (SSSR count). The average molecular weight is 517 g/mol. The van der Waals surface area contributed by atoms with E-state index in [-0.39, 0.29) is 13.6 Å². The van der Waals surface area contributed by atoms with Crippen LogP contribution in [0.2, 0.25) is 0 Å². The summed E-state index contributed by atoms with van der Waals surface area (Å²) in [5.74, 6) is 0. The van der Waals surface area contributed by atoms with Crippen LogP contribution in [-0.2, 0) is 4.57 Å². The Bertz CT molecular complexity index is 1040. The zero-order valence-electron chi connectivity index (χ0n) is 21.8. The Balaban J connectivity index is 1.67. The van der Waals surface area contributed by atoms with Gasteiger partial charge in [-0.3, -0.25) is 0 Å². The molecule has 0 amide bonds. The van der Waals surface area contributed by atoms with Gasteiger partial charge in [0.1, 0.15) is 0 Å².